The SMILES string of the molecule is CCOC(=O)c1cn(C2CC2)c2cc(N3CCN(CC)CC3)c(NS(=O)(=O)c3ccc(C)cc3)cc2c1=O. The van der Waals surface area contributed by atoms with Crippen molar-refractivity contribution in [2.45, 2.75) is 44.6 Å². The number of hydrogen-bond donors (Lipinski definition) is 1. The first-order valence-corrected chi connectivity index (χ1v) is 14.7. The van der Waals surface area contributed by atoms with Crippen LogP contribution in [0.15, 0.2) is 52.3 Å². The van der Waals surface area contributed by atoms with Crippen molar-refractivity contribution in [1.29, 1.82) is 0 Å². The molecule has 9 nitrogen and oxygen atoms in total. The van der Waals surface area contributed by atoms with Crippen LogP contribution in [0.2, 0.25) is 0 Å². The lowest BCUT2D eigenvalue weighted by Gasteiger charge is -2.36. The van der Waals surface area contributed by atoms with Crippen LogP contribution in [-0.4, -0.2) is 63.2 Å². The number of aromatic nitrogens is 1. The first kappa shape index (κ1) is 26.2. The monoisotopic (exact) mass is 538 g/mol. The Morgan fingerprint density at radius 2 is 1.74 bits per heavy atom. The lowest BCUT2D eigenvalue weighted by molar-refractivity contribution is 0.0524. The lowest BCUT2D eigenvalue weighted by Crippen LogP contribution is -2.46. The summed E-state index contributed by atoms with van der Waals surface area (Å²) in [6, 6.07) is 10.3. The Bertz CT molecular complexity index is 1520. The first-order chi connectivity index (χ1) is 18.2. The number of benzene rings is 2. The average molecular weight is 539 g/mol. The molecule has 1 aliphatic heterocycles. The van der Waals surface area contributed by atoms with Crippen molar-refractivity contribution in [3.63, 3.8) is 0 Å². The summed E-state index contributed by atoms with van der Waals surface area (Å²) in [5.74, 6) is -0.671. The van der Waals surface area contributed by atoms with Gasteiger partial charge in [0.2, 0.25) is 5.43 Å². The minimum Gasteiger partial charge on any atom is -0.462 e. The number of anilines is 2. The summed E-state index contributed by atoms with van der Waals surface area (Å²) in [5, 5.41) is 0.292. The summed E-state index contributed by atoms with van der Waals surface area (Å²) < 4.78 is 36.7. The summed E-state index contributed by atoms with van der Waals surface area (Å²) >= 11 is 0. The number of esters is 1. The molecule has 10 heteroatoms. The fraction of sp³-hybridized carbons (Fsp3) is 0.429. The molecule has 202 valence electrons. The van der Waals surface area contributed by atoms with E-state index in [-0.39, 0.29) is 23.1 Å². The van der Waals surface area contributed by atoms with Crippen molar-refractivity contribution in [2.24, 2.45) is 0 Å². The molecule has 3 aromatic rings. The van der Waals surface area contributed by atoms with Crippen molar-refractivity contribution >= 4 is 38.3 Å². The predicted octanol–water partition coefficient (Wildman–Crippen LogP) is 3.76. The predicted molar refractivity (Wildman–Crippen MR) is 149 cm³/mol. The molecule has 1 aromatic heterocycles. The lowest BCUT2D eigenvalue weighted by atomic mass is 10.1. The van der Waals surface area contributed by atoms with Crippen LogP contribution in [0.4, 0.5) is 11.4 Å². The van der Waals surface area contributed by atoms with Gasteiger partial charge >= 0.3 is 5.97 Å². The maximum absolute atomic E-state index is 13.5. The van der Waals surface area contributed by atoms with Gasteiger partial charge in [0, 0.05) is 43.8 Å². The van der Waals surface area contributed by atoms with Gasteiger partial charge in [0.05, 0.1) is 28.4 Å². The first-order valence-electron chi connectivity index (χ1n) is 13.2. The van der Waals surface area contributed by atoms with Crippen molar-refractivity contribution < 1.29 is 17.9 Å². The molecule has 1 saturated heterocycles. The van der Waals surface area contributed by atoms with Crippen molar-refractivity contribution in [3.05, 3.63) is 63.9 Å². The number of carbonyl (C=O) groups is 1. The van der Waals surface area contributed by atoms with E-state index in [1.165, 1.54) is 0 Å². The van der Waals surface area contributed by atoms with Crippen LogP contribution in [0.1, 0.15) is 48.7 Å². The molecule has 0 radical (unpaired) electrons. The molecule has 0 amide bonds. The molecule has 1 saturated carbocycles. The van der Waals surface area contributed by atoms with E-state index in [4.69, 9.17) is 4.74 Å². The topological polar surface area (TPSA) is 101 Å². The molecule has 0 unspecified atom stereocenters. The molecule has 1 N–H and O–H groups in total. The van der Waals surface area contributed by atoms with Crippen LogP contribution < -0.4 is 15.1 Å². The van der Waals surface area contributed by atoms with Gasteiger partial charge in [0.15, 0.2) is 0 Å². The third-order valence-electron chi connectivity index (χ3n) is 7.32. The van der Waals surface area contributed by atoms with Gasteiger partial charge in [0.1, 0.15) is 5.56 Å². The summed E-state index contributed by atoms with van der Waals surface area (Å²) in [5.41, 5.74) is 2.19. The maximum Gasteiger partial charge on any atom is 0.343 e. The number of likely N-dealkylation sites (N-methyl/N-ethyl adjacent to an activating group) is 1. The molecular weight excluding hydrogens is 504 g/mol. The number of pyridine rings is 1. The summed E-state index contributed by atoms with van der Waals surface area (Å²) in [7, 11) is -3.92. The number of rotatable bonds is 8. The zero-order valence-corrected chi connectivity index (χ0v) is 22.9. The van der Waals surface area contributed by atoms with E-state index in [1.807, 2.05) is 17.6 Å². The quantitative estimate of drug-likeness (QED) is 0.436. The zero-order chi connectivity index (χ0) is 27.0. The number of carbonyl (C=O) groups excluding carboxylic acids is 1. The number of nitrogens with one attached hydrogen (secondary N) is 1. The third kappa shape index (κ3) is 5.15. The Hall–Kier alpha value is -3.37. The molecular formula is C28H34N4O5S. The molecule has 0 atom stereocenters. The molecule has 5 rings (SSSR count). The van der Waals surface area contributed by atoms with Crippen LogP contribution in [0, 0.1) is 6.92 Å². The maximum atomic E-state index is 13.5. The highest BCUT2D eigenvalue weighted by molar-refractivity contribution is 7.92. The second kappa shape index (κ2) is 10.4. The van der Waals surface area contributed by atoms with Gasteiger partial charge in [-0.25, -0.2) is 13.2 Å². The van der Waals surface area contributed by atoms with Crippen molar-refractivity contribution in [2.75, 3.05) is 49.0 Å². The van der Waals surface area contributed by atoms with Gasteiger partial charge in [-0.2, -0.15) is 0 Å². The second-order valence-corrected chi connectivity index (χ2v) is 11.6. The third-order valence-corrected chi connectivity index (χ3v) is 8.70. The van der Waals surface area contributed by atoms with Gasteiger partial charge in [-0.15, -0.1) is 0 Å². The van der Waals surface area contributed by atoms with Gasteiger partial charge in [-0.3, -0.25) is 9.52 Å². The van der Waals surface area contributed by atoms with E-state index in [9.17, 15) is 18.0 Å². The molecule has 2 fully saturated rings. The van der Waals surface area contributed by atoms with Crippen molar-refractivity contribution in [3.8, 4) is 0 Å². The fourth-order valence-electron chi connectivity index (χ4n) is 4.96. The standard InChI is InChI=1S/C28H34N4O5S/c1-4-30-12-14-31(15-13-30)26-17-25-22(16-24(26)29-38(35,36)21-10-6-19(3)7-11-21)27(33)23(28(34)37-5-2)18-32(25)20-8-9-20/h6-7,10-11,16-18,20,29H,4-5,8-9,12-15H2,1-3H3. The number of hydrogen-bond acceptors (Lipinski definition) is 7. The zero-order valence-electron chi connectivity index (χ0n) is 22.1. The van der Waals surface area contributed by atoms with E-state index in [0.29, 0.717) is 16.6 Å². The largest absolute Gasteiger partial charge is 0.462 e. The molecule has 1 aliphatic carbocycles. The summed E-state index contributed by atoms with van der Waals surface area (Å²) in [4.78, 5) is 30.8. The molecule has 0 bridgehead atoms. The van der Waals surface area contributed by atoms with Gasteiger partial charge in [0.25, 0.3) is 10.0 Å². The van der Waals surface area contributed by atoms with Gasteiger partial charge in [-0.1, -0.05) is 24.6 Å². The molecule has 38 heavy (non-hydrogen) atoms. The minimum absolute atomic E-state index is 0.0390. The van der Waals surface area contributed by atoms with Crippen LogP contribution >= 0.6 is 0 Å². The van der Waals surface area contributed by atoms with Gasteiger partial charge in [-0.05, 0) is 57.5 Å². The smallest absolute Gasteiger partial charge is 0.343 e. The number of nitrogens with zero attached hydrogens (tertiary/aromatic N) is 3. The Labute approximate surface area is 223 Å². The number of piperazine rings is 1. The highest BCUT2D eigenvalue weighted by Crippen LogP contribution is 2.40. The van der Waals surface area contributed by atoms with E-state index < -0.39 is 21.4 Å². The van der Waals surface area contributed by atoms with E-state index in [1.54, 1.807) is 43.5 Å². The number of aryl methyl sites for hydroxylation is 1. The summed E-state index contributed by atoms with van der Waals surface area (Å²) in [6.45, 7) is 10.0. The van der Waals surface area contributed by atoms with E-state index >= 15 is 0 Å². The number of sulfonamides is 1. The van der Waals surface area contributed by atoms with E-state index in [2.05, 4.69) is 21.4 Å². The highest BCUT2D eigenvalue weighted by Gasteiger charge is 2.29. The molecule has 2 aromatic carbocycles. The highest BCUT2D eigenvalue weighted by atomic mass is 32.2. The second-order valence-electron chi connectivity index (χ2n) is 9.96. The van der Waals surface area contributed by atoms with E-state index in [0.717, 1.165) is 56.8 Å². The molecule has 2 aliphatic rings. The minimum atomic E-state index is -3.92. The van der Waals surface area contributed by atoms with Crippen LogP contribution in [0.3, 0.4) is 0 Å². The number of ether oxygens (including phenoxy) is 1. The summed E-state index contributed by atoms with van der Waals surface area (Å²) in [6.07, 6.45) is 3.51. The Morgan fingerprint density at radius 3 is 2.34 bits per heavy atom. The Morgan fingerprint density at radius 1 is 1.05 bits per heavy atom. The Balaban J connectivity index is 1.68. The molecule has 0 spiro atoms. The van der Waals surface area contributed by atoms with Crippen LogP contribution in [-0.2, 0) is 14.8 Å². The average Bonchev–Trinajstić information content (AvgIpc) is 3.75. The van der Waals surface area contributed by atoms with Gasteiger partial charge < -0.3 is 19.1 Å². The van der Waals surface area contributed by atoms with Crippen LogP contribution in [0.5, 0.6) is 0 Å². The Kier molecular flexibility index (Phi) is 7.19. The van der Waals surface area contributed by atoms with Crippen molar-refractivity contribution in [1.82, 2.24) is 9.47 Å². The fourth-order valence-corrected chi connectivity index (χ4v) is 6.03. The number of fused-ring (bicyclic) bond motifs is 1. The van der Waals surface area contributed by atoms with Crippen LogP contribution in [0.25, 0.3) is 10.9 Å². The normalized spacial score (nSPS) is 16.6. The molecule has 2 heterocycles.